The van der Waals surface area contributed by atoms with Crippen molar-refractivity contribution >= 4 is 11.8 Å². The Bertz CT molecular complexity index is 451. The number of aromatic nitrogens is 2. The molecule has 4 nitrogen and oxygen atoms in total. The van der Waals surface area contributed by atoms with E-state index in [1.807, 2.05) is 11.8 Å². The summed E-state index contributed by atoms with van der Waals surface area (Å²) in [6, 6.07) is 0.301. The van der Waals surface area contributed by atoms with Gasteiger partial charge in [-0.25, -0.2) is 4.79 Å². The molecule has 0 saturated carbocycles. The Labute approximate surface area is 98.2 Å². The maximum absolute atomic E-state index is 11.5. The highest BCUT2D eigenvalue weighted by molar-refractivity contribution is 7.98. The van der Waals surface area contributed by atoms with E-state index in [1.54, 1.807) is 0 Å². The van der Waals surface area contributed by atoms with Crippen LogP contribution in [0.25, 0.3) is 0 Å². The van der Waals surface area contributed by atoms with Crippen LogP contribution in [0.2, 0.25) is 0 Å². The minimum Gasteiger partial charge on any atom is -0.309 e. The molecule has 1 aromatic rings. The molecule has 16 heavy (non-hydrogen) atoms. The third-order valence-electron chi connectivity index (χ3n) is 3.29. The SMILES string of the molecule is O=c1nc(C2CCCN2)c2c([nH]1)CCSC2. The van der Waals surface area contributed by atoms with Crippen molar-refractivity contribution in [3.8, 4) is 0 Å². The van der Waals surface area contributed by atoms with Gasteiger partial charge in [0.2, 0.25) is 0 Å². The summed E-state index contributed by atoms with van der Waals surface area (Å²) in [5.74, 6) is 2.09. The molecule has 2 aliphatic rings. The topological polar surface area (TPSA) is 57.8 Å². The van der Waals surface area contributed by atoms with E-state index >= 15 is 0 Å². The number of nitrogens with zero attached hydrogens (tertiary/aromatic N) is 1. The zero-order chi connectivity index (χ0) is 11.0. The van der Waals surface area contributed by atoms with Gasteiger partial charge in [-0.1, -0.05) is 0 Å². The Kier molecular flexibility index (Phi) is 2.73. The lowest BCUT2D eigenvalue weighted by atomic mass is 10.0. The number of aromatic amines is 1. The second kappa shape index (κ2) is 4.22. The molecule has 3 rings (SSSR count). The third kappa shape index (κ3) is 1.78. The summed E-state index contributed by atoms with van der Waals surface area (Å²) in [7, 11) is 0. The molecule has 0 bridgehead atoms. The first kappa shape index (κ1) is 10.4. The first-order chi connectivity index (χ1) is 7.84. The molecule has 1 unspecified atom stereocenters. The van der Waals surface area contributed by atoms with E-state index in [4.69, 9.17) is 0 Å². The molecule has 0 radical (unpaired) electrons. The number of hydrogen-bond donors (Lipinski definition) is 2. The van der Waals surface area contributed by atoms with Crippen molar-refractivity contribution < 1.29 is 0 Å². The standard InChI is InChI=1S/C11H15N3OS/c15-11-13-8-3-5-16-6-7(8)10(14-11)9-2-1-4-12-9/h9,12H,1-6H2,(H,13,14,15). The van der Waals surface area contributed by atoms with Gasteiger partial charge in [-0.15, -0.1) is 0 Å². The van der Waals surface area contributed by atoms with Crippen LogP contribution in [0.1, 0.15) is 35.8 Å². The number of rotatable bonds is 1. The summed E-state index contributed by atoms with van der Waals surface area (Å²) in [4.78, 5) is 18.6. The van der Waals surface area contributed by atoms with Crippen LogP contribution in [0, 0.1) is 0 Å². The van der Waals surface area contributed by atoms with Crippen LogP contribution in [0.5, 0.6) is 0 Å². The fraction of sp³-hybridized carbons (Fsp3) is 0.636. The third-order valence-corrected chi connectivity index (χ3v) is 4.27. The van der Waals surface area contributed by atoms with E-state index in [9.17, 15) is 4.79 Å². The first-order valence-corrected chi connectivity index (χ1v) is 6.93. The predicted octanol–water partition coefficient (Wildman–Crippen LogP) is 0.984. The molecular formula is C11H15N3OS. The van der Waals surface area contributed by atoms with Crippen molar-refractivity contribution in [1.29, 1.82) is 0 Å². The van der Waals surface area contributed by atoms with Gasteiger partial charge in [-0.2, -0.15) is 16.7 Å². The molecular weight excluding hydrogens is 222 g/mol. The average molecular weight is 237 g/mol. The lowest BCUT2D eigenvalue weighted by molar-refractivity contribution is 0.612. The molecule has 5 heteroatoms. The van der Waals surface area contributed by atoms with Gasteiger partial charge in [0.1, 0.15) is 0 Å². The van der Waals surface area contributed by atoms with Crippen molar-refractivity contribution in [1.82, 2.24) is 15.3 Å². The fourth-order valence-electron chi connectivity index (χ4n) is 2.49. The van der Waals surface area contributed by atoms with Crippen LogP contribution in [0.4, 0.5) is 0 Å². The number of nitrogens with one attached hydrogen (secondary N) is 2. The molecule has 1 fully saturated rings. The maximum atomic E-state index is 11.5. The van der Waals surface area contributed by atoms with E-state index in [1.165, 1.54) is 12.0 Å². The molecule has 2 N–H and O–H groups in total. The molecule has 0 aromatic carbocycles. The average Bonchev–Trinajstić information content (AvgIpc) is 2.81. The molecule has 1 aromatic heterocycles. The summed E-state index contributed by atoms with van der Waals surface area (Å²) in [6.45, 7) is 1.04. The van der Waals surface area contributed by atoms with E-state index in [2.05, 4.69) is 15.3 Å². The predicted molar refractivity (Wildman–Crippen MR) is 64.7 cm³/mol. The Morgan fingerprint density at radius 3 is 3.19 bits per heavy atom. The van der Waals surface area contributed by atoms with Crippen molar-refractivity contribution in [2.45, 2.75) is 31.1 Å². The summed E-state index contributed by atoms with van der Waals surface area (Å²) in [6.07, 6.45) is 3.26. The monoisotopic (exact) mass is 237 g/mol. The quantitative estimate of drug-likeness (QED) is 0.764. The van der Waals surface area contributed by atoms with E-state index in [-0.39, 0.29) is 5.69 Å². The van der Waals surface area contributed by atoms with Crippen LogP contribution in [-0.2, 0) is 12.2 Å². The Morgan fingerprint density at radius 1 is 1.44 bits per heavy atom. The van der Waals surface area contributed by atoms with Gasteiger partial charge in [0.05, 0.1) is 11.7 Å². The van der Waals surface area contributed by atoms with Gasteiger partial charge in [0, 0.05) is 17.0 Å². The minimum absolute atomic E-state index is 0.186. The van der Waals surface area contributed by atoms with Gasteiger partial charge in [-0.05, 0) is 31.6 Å². The second-order valence-corrected chi connectivity index (χ2v) is 5.44. The number of aryl methyl sites for hydroxylation is 1. The molecule has 86 valence electrons. The van der Waals surface area contributed by atoms with E-state index < -0.39 is 0 Å². The van der Waals surface area contributed by atoms with Crippen LogP contribution < -0.4 is 11.0 Å². The largest absolute Gasteiger partial charge is 0.345 e. The van der Waals surface area contributed by atoms with Crippen LogP contribution in [0.3, 0.4) is 0 Å². The minimum atomic E-state index is -0.186. The van der Waals surface area contributed by atoms with Gasteiger partial charge < -0.3 is 10.3 Å². The number of thioether (sulfide) groups is 1. The molecule has 3 heterocycles. The van der Waals surface area contributed by atoms with Crippen LogP contribution in [0.15, 0.2) is 4.79 Å². The molecule has 0 spiro atoms. The zero-order valence-corrected chi connectivity index (χ0v) is 9.90. The van der Waals surface area contributed by atoms with Gasteiger partial charge in [0.25, 0.3) is 0 Å². The van der Waals surface area contributed by atoms with Crippen LogP contribution >= 0.6 is 11.8 Å². The molecule has 1 saturated heterocycles. The van der Waals surface area contributed by atoms with Gasteiger partial charge in [-0.3, -0.25) is 0 Å². The van der Waals surface area contributed by atoms with Crippen LogP contribution in [-0.4, -0.2) is 22.3 Å². The second-order valence-electron chi connectivity index (χ2n) is 4.34. The molecule has 1 atom stereocenters. The maximum Gasteiger partial charge on any atom is 0.345 e. The molecule has 2 aliphatic heterocycles. The number of H-pyrrole nitrogens is 1. The fourth-order valence-corrected chi connectivity index (χ4v) is 3.51. The lowest BCUT2D eigenvalue weighted by Crippen LogP contribution is -2.26. The van der Waals surface area contributed by atoms with E-state index in [0.29, 0.717) is 6.04 Å². The summed E-state index contributed by atoms with van der Waals surface area (Å²) in [5.41, 5.74) is 3.20. The van der Waals surface area contributed by atoms with Crippen molar-refractivity contribution in [3.05, 3.63) is 27.4 Å². The highest BCUT2D eigenvalue weighted by Gasteiger charge is 2.24. The summed E-state index contributed by atoms with van der Waals surface area (Å²) >= 11 is 1.93. The highest BCUT2D eigenvalue weighted by Crippen LogP contribution is 2.30. The first-order valence-electron chi connectivity index (χ1n) is 5.77. The van der Waals surface area contributed by atoms with Crippen molar-refractivity contribution in [2.75, 3.05) is 12.3 Å². The molecule has 0 amide bonds. The summed E-state index contributed by atoms with van der Waals surface area (Å²) in [5, 5.41) is 3.43. The normalized spacial score (nSPS) is 24.4. The Morgan fingerprint density at radius 2 is 2.38 bits per heavy atom. The molecule has 0 aliphatic carbocycles. The zero-order valence-electron chi connectivity index (χ0n) is 9.08. The number of fused-ring (bicyclic) bond motifs is 1. The number of hydrogen-bond acceptors (Lipinski definition) is 4. The van der Waals surface area contributed by atoms with E-state index in [0.717, 1.165) is 42.3 Å². The Hall–Kier alpha value is -0.810. The summed E-state index contributed by atoms with van der Waals surface area (Å²) < 4.78 is 0. The van der Waals surface area contributed by atoms with Gasteiger partial charge >= 0.3 is 5.69 Å². The highest BCUT2D eigenvalue weighted by atomic mass is 32.2. The van der Waals surface area contributed by atoms with Crippen molar-refractivity contribution in [3.63, 3.8) is 0 Å². The van der Waals surface area contributed by atoms with Crippen molar-refractivity contribution in [2.24, 2.45) is 0 Å². The smallest absolute Gasteiger partial charge is 0.309 e. The lowest BCUT2D eigenvalue weighted by Gasteiger charge is -2.20. The Balaban J connectivity index is 2.08. The van der Waals surface area contributed by atoms with Gasteiger partial charge in [0.15, 0.2) is 0 Å².